The molecule has 0 aliphatic rings. The number of benzene rings is 2. The molecule has 0 fully saturated rings. The maximum Gasteiger partial charge on any atom is 0.242 e. The average molecular weight is 466 g/mol. The summed E-state index contributed by atoms with van der Waals surface area (Å²) < 4.78 is 52.2. The molecule has 0 saturated carbocycles. The van der Waals surface area contributed by atoms with Crippen LogP contribution in [0.25, 0.3) is 11.3 Å². The van der Waals surface area contributed by atoms with Gasteiger partial charge < -0.3 is 5.32 Å². The quantitative estimate of drug-likeness (QED) is 0.534. The highest BCUT2D eigenvalue weighted by Crippen LogP contribution is 2.30. The monoisotopic (exact) mass is 465 g/mol. The third-order valence-electron chi connectivity index (χ3n) is 4.56. The Morgan fingerprint density at radius 3 is 2.26 bits per heavy atom. The Hall–Kier alpha value is -2.69. The number of hydrogen-bond donors (Lipinski definition) is 1. The first-order valence-corrected chi connectivity index (χ1v) is 11.7. The molecule has 0 saturated heterocycles. The summed E-state index contributed by atoms with van der Waals surface area (Å²) in [5.74, 6) is -1.14. The number of aromatic nitrogens is 1. The highest BCUT2D eigenvalue weighted by atomic mass is 32.2. The van der Waals surface area contributed by atoms with E-state index in [1.165, 1.54) is 42.6 Å². The predicted octanol–water partition coefficient (Wildman–Crippen LogP) is 4.44. The van der Waals surface area contributed by atoms with Crippen molar-refractivity contribution in [2.45, 2.75) is 24.7 Å². The van der Waals surface area contributed by atoms with Gasteiger partial charge in [0.2, 0.25) is 15.9 Å². The van der Waals surface area contributed by atoms with Crippen molar-refractivity contribution in [3.8, 4) is 11.3 Å². The molecule has 10 heteroatoms. The zero-order chi connectivity index (χ0) is 22.6. The number of rotatable bonds is 8. The third-order valence-corrected chi connectivity index (χ3v) is 7.32. The third kappa shape index (κ3) is 5.72. The summed E-state index contributed by atoms with van der Waals surface area (Å²) >= 11 is 1.31. The van der Waals surface area contributed by atoms with Crippen LogP contribution in [0.4, 0.5) is 13.9 Å². The largest absolute Gasteiger partial charge is 0.302 e. The van der Waals surface area contributed by atoms with Crippen molar-refractivity contribution in [2.75, 3.05) is 18.9 Å². The lowest BCUT2D eigenvalue weighted by molar-refractivity contribution is -0.116. The highest BCUT2D eigenvalue weighted by Gasteiger charge is 2.21. The smallest absolute Gasteiger partial charge is 0.242 e. The summed E-state index contributed by atoms with van der Waals surface area (Å²) in [6.07, 6.45) is 0.408. The van der Waals surface area contributed by atoms with Crippen LogP contribution in [0.15, 0.2) is 53.4 Å². The van der Waals surface area contributed by atoms with Crippen molar-refractivity contribution in [1.29, 1.82) is 0 Å². The molecule has 2 aromatic carbocycles. The Balaban J connectivity index is 1.54. The van der Waals surface area contributed by atoms with Gasteiger partial charge in [-0.3, -0.25) is 4.79 Å². The number of nitrogens with one attached hydrogen (secondary N) is 1. The van der Waals surface area contributed by atoms with Crippen LogP contribution in [0, 0.1) is 18.6 Å². The SMILES string of the molecule is Cc1sc(NC(=O)CCCN(C)S(=O)(=O)c2ccc(F)cc2)nc1-c1ccc(F)cc1. The van der Waals surface area contributed by atoms with E-state index in [1.807, 2.05) is 6.92 Å². The van der Waals surface area contributed by atoms with Crippen molar-refractivity contribution in [1.82, 2.24) is 9.29 Å². The second-order valence-electron chi connectivity index (χ2n) is 6.86. The Morgan fingerprint density at radius 2 is 1.65 bits per heavy atom. The molecule has 1 heterocycles. The van der Waals surface area contributed by atoms with Gasteiger partial charge in [0.05, 0.1) is 10.6 Å². The summed E-state index contributed by atoms with van der Waals surface area (Å²) in [6, 6.07) is 10.5. The normalized spacial score (nSPS) is 11.6. The van der Waals surface area contributed by atoms with Crippen LogP contribution in [0.3, 0.4) is 0 Å². The number of sulfonamides is 1. The summed E-state index contributed by atoms with van der Waals surface area (Å²) in [5, 5.41) is 3.14. The molecule has 0 bridgehead atoms. The van der Waals surface area contributed by atoms with Gasteiger partial charge in [-0.2, -0.15) is 0 Å². The maximum absolute atomic E-state index is 13.1. The fraction of sp³-hybridized carbons (Fsp3) is 0.238. The molecule has 0 aliphatic carbocycles. The lowest BCUT2D eigenvalue weighted by atomic mass is 10.1. The highest BCUT2D eigenvalue weighted by molar-refractivity contribution is 7.89. The molecule has 31 heavy (non-hydrogen) atoms. The molecule has 0 atom stereocenters. The molecular weight excluding hydrogens is 444 g/mol. The van der Waals surface area contributed by atoms with Crippen LogP contribution in [-0.2, 0) is 14.8 Å². The first-order valence-electron chi connectivity index (χ1n) is 9.42. The first kappa shape index (κ1) is 23.0. The molecule has 164 valence electrons. The number of nitrogens with zero attached hydrogens (tertiary/aromatic N) is 2. The van der Waals surface area contributed by atoms with E-state index in [1.54, 1.807) is 12.1 Å². The Labute approximate surface area is 183 Å². The van der Waals surface area contributed by atoms with Crippen LogP contribution in [0.5, 0.6) is 0 Å². The number of amides is 1. The summed E-state index contributed by atoms with van der Waals surface area (Å²) in [4.78, 5) is 17.5. The predicted molar refractivity (Wildman–Crippen MR) is 116 cm³/mol. The van der Waals surface area contributed by atoms with Gasteiger partial charge >= 0.3 is 0 Å². The topological polar surface area (TPSA) is 79.4 Å². The van der Waals surface area contributed by atoms with E-state index >= 15 is 0 Å². The van der Waals surface area contributed by atoms with Gasteiger partial charge in [-0.05, 0) is 61.9 Å². The average Bonchev–Trinajstić information content (AvgIpc) is 3.08. The van der Waals surface area contributed by atoms with Gasteiger partial charge in [0.1, 0.15) is 11.6 Å². The van der Waals surface area contributed by atoms with Crippen molar-refractivity contribution in [2.24, 2.45) is 0 Å². The minimum absolute atomic E-state index is 0.00700. The Kier molecular flexibility index (Phi) is 7.14. The maximum atomic E-state index is 13.1. The zero-order valence-corrected chi connectivity index (χ0v) is 18.6. The second kappa shape index (κ2) is 9.63. The molecule has 0 radical (unpaired) electrons. The first-order chi connectivity index (χ1) is 14.7. The standard InChI is InChI=1S/C21H21F2N3O3S2/c1-14-20(15-5-7-16(22)8-6-15)25-21(30-14)24-19(27)4-3-13-26(2)31(28,29)18-11-9-17(23)10-12-18/h5-12H,3-4,13H2,1-2H3,(H,24,25,27). The van der Waals surface area contributed by atoms with Crippen LogP contribution in [0.2, 0.25) is 0 Å². The fourth-order valence-corrected chi connectivity index (χ4v) is 4.94. The van der Waals surface area contributed by atoms with Crippen LogP contribution < -0.4 is 5.32 Å². The minimum Gasteiger partial charge on any atom is -0.302 e. The summed E-state index contributed by atoms with van der Waals surface area (Å²) in [6.45, 7) is 1.99. The number of anilines is 1. The molecular formula is C21H21F2N3O3S2. The summed E-state index contributed by atoms with van der Waals surface area (Å²) in [7, 11) is -2.34. The van der Waals surface area contributed by atoms with Gasteiger partial charge in [0, 0.05) is 30.5 Å². The molecule has 3 aromatic rings. The molecule has 3 rings (SSSR count). The second-order valence-corrected chi connectivity index (χ2v) is 10.1. The van der Waals surface area contributed by atoms with E-state index < -0.39 is 15.8 Å². The number of aryl methyl sites for hydroxylation is 1. The molecule has 1 N–H and O–H groups in total. The van der Waals surface area contributed by atoms with Gasteiger partial charge in [0.25, 0.3) is 0 Å². The van der Waals surface area contributed by atoms with E-state index in [9.17, 15) is 22.0 Å². The van der Waals surface area contributed by atoms with E-state index in [2.05, 4.69) is 10.3 Å². The Morgan fingerprint density at radius 1 is 1.06 bits per heavy atom. The van der Waals surface area contributed by atoms with E-state index in [-0.39, 0.29) is 29.6 Å². The number of halogens is 2. The van der Waals surface area contributed by atoms with Crippen molar-refractivity contribution in [3.05, 3.63) is 65.0 Å². The molecule has 1 aromatic heterocycles. The van der Waals surface area contributed by atoms with Crippen molar-refractivity contribution >= 4 is 32.4 Å². The molecule has 0 spiro atoms. The molecule has 0 aliphatic heterocycles. The number of hydrogen-bond acceptors (Lipinski definition) is 5. The van der Waals surface area contributed by atoms with Crippen LogP contribution >= 0.6 is 11.3 Å². The molecule has 0 unspecified atom stereocenters. The van der Waals surface area contributed by atoms with Gasteiger partial charge in [0.15, 0.2) is 5.13 Å². The van der Waals surface area contributed by atoms with Gasteiger partial charge in [-0.1, -0.05) is 0 Å². The van der Waals surface area contributed by atoms with Gasteiger partial charge in [-0.25, -0.2) is 26.5 Å². The molecule has 6 nitrogen and oxygen atoms in total. The lowest BCUT2D eigenvalue weighted by Crippen LogP contribution is -2.28. The van der Waals surface area contributed by atoms with E-state index in [0.717, 1.165) is 26.9 Å². The fourth-order valence-electron chi connectivity index (χ4n) is 2.88. The van der Waals surface area contributed by atoms with Crippen molar-refractivity contribution in [3.63, 3.8) is 0 Å². The zero-order valence-electron chi connectivity index (χ0n) is 16.9. The van der Waals surface area contributed by atoms with Gasteiger partial charge in [-0.15, -0.1) is 11.3 Å². The van der Waals surface area contributed by atoms with E-state index in [4.69, 9.17) is 0 Å². The van der Waals surface area contributed by atoms with Crippen molar-refractivity contribution < 1.29 is 22.0 Å². The van der Waals surface area contributed by atoms with Crippen LogP contribution in [0.1, 0.15) is 17.7 Å². The number of thiazole rings is 1. The Bertz CT molecular complexity index is 1160. The molecule has 1 amide bonds. The lowest BCUT2D eigenvalue weighted by Gasteiger charge is -2.16. The van der Waals surface area contributed by atoms with E-state index in [0.29, 0.717) is 17.2 Å². The summed E-state index contributed by atoms with van der Waals surface area (Å²) in [5.41, 5.74) is 1.42. The number of carbonyl (C=O) groups excluding carboxylic acids is 1. The van der Waals surface area contributed by atoms with Crippen LogP contribution in [-0.4, -0.2) is 37.2 Å². The minimum atomic E-state index is -3.75. The number of carbonyl (C=O) groups is 1.